The van der Waals surface area contributed by atoms with Gasteiger partial charge < -0.3 is 0 Å². The molecule has 0 fully saturated rings. The lowest BCUT2D eigenvalue weighted by Crippen LogP contribution is -2.15. The zero-order chi connectivity index (χ0) is 33.8. The Balaban J connectivity index is 1.09. The van der Waals surface area contributed by atoms with E-state index in [1.54, 1.807) is 0 Å². The van der Waals surface area contributed by atoms with E-state index in [1.165, 1.54) is 109 Å². The highest BCUT2D eigenvalue weighted by Crippen LogP contribution is 2.52. The van der Waals surface area contributed by atoms with Gasteiger partial charge in [0.05, 0.1) is 0 Å². The van der Waals surface area contributed by atoms with Gasteiger partial charge in [-0.3, -0.25) is 0 Å². The van der Waals surface area contributed by atoms with Crippen molar-refractivity contribution in [2.24, 2.45) is 0 Å². The predicted molar refractivity (Wildman–Crippen MR) is 220 cm³/mol. The summed E-state index contributed by atoms with van der Waals surface area (Å²) in [5, 5.41) is 15.6. The molecule has 0 unspecified atom stereocenters. The molecular weight excluding hydrogens is 613 g/mol. The Bertz CT molecular complexity index is 3100. The quantitative estimate of drug-likeness (QED) is 0.164. The lowest BCUT2D eigenvalue weighted by atomic mass is 9.80. The molecule has 10 aromatic carbocycles. The molecule has 0 aromatic heterocycles. The predicted octanol–water partition coefficient (Wildman–Crippen LogP) is 14.2. The maximum atomic E-state index is 2.48. The van der Waals surface area contributed by atoms with Crippen LogP contribution in [0.25, 0.3) is 98.0 Å². The van der Waals surface area contributed by atoms with E-state index in [-0.39, 0.29) is 5.41 Å². The van der Waals surface area contributed by atoms with Crippen molar-refractivity contribution in [1.82, 2.24) is 0 Å². The van der Waals surface area contributed by atoms with Crippen LogP contribution in [0.3, 0.4) is 0 Å². The average molecular weight is 647 g/mol. The summed E-state index contributed by atoms with van der Waals surface area (Å²) in [5.41, 5.74) is 10.4. The second-order valence-corrected chi connectivity index (χ2v) is 14.8. The lowest BCUT2D eigenvalue weighted by molar-refractivity contribution is 0.661. The van der Waals surface area contributed by atoms with Gasteiger partial charge >= 0.3 is 0 Å². The fourth-order valence-electron chi connectivity index (χ4n) is 9.28. The van der Waals surface area contributed by atoms with Crippen molar-refractivity contribution < 1.29 is 0 Å². The Morgan fingerprint density at radius 2 is 0.686 bits per heavy atom. The van der Waals surface area contributed by atoms with Crippen LogP contribution >= 0.6 is 0 Å². The molecule has 0 bridgehead atoms. The monoisotopic (exact) mass is 646 g/mol. The molecule has 0 radical (unpaired) electrons. The van der Waals surface area contributed by atoms with E-state index in [0.29, 0.717) is 0 Å². The van der Waals surface area contributed by atoms with Crippen molar-refractivity contribution in [3.05, 3.63) is 181 Å². The van der Waals surface area contributed by atoms with Gasteiger partial charge in [0.15, 0.2) is 0 Å². The van der Waals surface area contributed by atoms with Crippen LogP contribution in [0.15, 0.2) is 170 Å². The normalized spacial score (nSPS) is 13.5. The summed E-state index contributed by atoms with van der Waals surface area (Å²) in [7, 11) is 0. The Morgan fingerprint density at radius 1 is 0.275 bits per heavy atom. The van der Waals surface area contributed by atoms with Gasteiger partial charge in [0.2, 0.25) is 0 Å². The van der Waals surface area contributed by atoms with Crippen LogP contribution in [-0.2, 0) is 5.41 Å². The van der Waals surface area contributed by atoms with E-state index < -0.39 is 0 Å². The molecule has 0 aliphatic heterocycles. The first-order valence-corrected chi connectivity index (χ1v) is 18.0. The van der Waals surface area contributed by atoms with Crippen molar-refractivity contribution in [2.75, 3.05) is 0 Å². The Hall–Kier alpha value is -6.24. The summed E-state index contributed by atoms with van der Waals surface area (Å²) < 4.78 is 0. The van der Waals surface area contributed by atoms with Crippen molar-refractivity contribution in [1.29, 1.82) is 0 Å². The highest BCUT2D eigenvalue weighted by molar-refractivity contribution is 6.24. The molecular formula is C51H34. The zero-order valence-corrected chi connectivity index (χ0v) is 28.7. The first-order valence-electron chi connectivity index (χ1n) is 18.0. The van der Waals surface area contributed by atoms with Gasteiger partial charge in [-0.2, -0.15) is 0 Å². The highest BCUT2D eigenvalue weighted by atomic mass is 14.4. The standard InChI is InChI=1S/C51H34/c1-51(2)49-28-33(46-27-32-12-4-6-14-36(32)37-15-7-9-17-39(37)46)20-23-44(49)45-24-21-34(29-50(45)51)47-30-48-42-22-19-31-11-3-5-13-35(31)41(42)25-26-43(48)38-16-8-10-18-40(38)47/h3-30H,1-2H3. The lowest BCUT2D eigenvalue weighted by Gasteiger charge is -2.23. The molecule has 0 spiro atoms. The number of benzene rings is 10. The van der Waals surface area contributed by atoms with E-state index in [2.05, 4.69) is 184 Å². The molecule has 0 heterocycles. The van der Waals surface area contributed by atoms with E-state index >= 15 is 0 Å². The van der Waals surface area contributed by atoms with Gasteiger partial charge in [-0.05, 0) is 133 Å². The SMILES string of the molecule is CC1(C)c2cc(-c3cc4ccccc4c4ccccc34)ccc2-c2ccc(-c3cc4c(ccc5c6ccccc6ccc54)c4ccccc34)cc21. The van der Waals surface area contributed by atoms with Crippen molar-refractivity contribution >= 4 is 64.6 Å². The molecule has 0 heteroatoms. The topological polar surface area (TPSA) is 0 Å². The van der Waals surface area contributed by atoms with Crippen LogP contribution in [0.1, 0.15) is 25.0 Å². The molecule has 0 nitrogen and oxygen atoms in total. The minimum Gasteiger partial charge on any atom is -0.0616 e. The smallest absolute Gasteiger partial charge is 0.0159 e. The maximum absolute atomic E-state index is 2.48. The summed E-state index contributed by atoms with van der Waals surface area (Å²) in [5.74, 6) is 0. The summed E-state index contributed by atoms with van der Waals surface area (Å²) in [6.07, 6.45) is 0. The molecule has 0 atom stereocenters. The van der Waals surface area contributed by atoms with E-state index in [1.807, 2.05) is 0 Å². The van der Waals surface area contributed by atoms with E-state index in [0.717, 1.165) is 0 Å². The first kappa shape index (κ1) is 28.6. The van der Waals surface area contributed by atoms with Gasteiger partial charge in [0, 0.05) is 5.41 Å². The number of rotatable bonds is 2. The second-order valence-electron chi connectivity index (χ2n) is 14.8. The molecule has 10 aromatic rings. The largest absolute Gasteiger partial charge is 0.0616 e. The van der Waals surface area contributed by atoms with Gasteiger partial charge in [0.25, 0.3) is 0 Å². The van der Waals surface area contributed by atoms with Gasteiger partial charge in [-0.15, -0.1) is 0 Å². The summed E-state index contributed by atoms with van der Waals surface area (Å²) in [6.45, 7) is 4.81. The molecule has 0 saturated carbocycles. The highest BCUT2D eigenvalue weighted by Gasteiger charge is 2.36. The third-order valence-corrected chi connectivity index (χ3v) is 11.8. The summed E-state index contributed by atoms with van der Waals surface area (Å²) in [6, 6.07) is 63.7. The van der Waals surface area contributed by atoms with E-state index in [9.17, 15) is 0 Å². The molecule has 51 heavy (non-hydrogen) atoms. The fraction of sp³-hybridized carbons (Fsp3) is 0.0588. The molecule has 0 saturated heterocycles. The van der Waals surface area contributed by atoms with Gasteiger partial charge in [0.1, 0.15) is 0 Å². The van der Waals surface area contributed by atoms with Crippen LogP contribution in [0, 0.1) is 0 Å². The third kappa shape index (κ3) is 4.02. The van der Waals surface area contributed by atoms with Crippen LogP contribution in [0.4, 0.5) is 0 Å². The summed E-state index contributed by atoms with van der Waals surface area (Å²) in [4.78, 5) is 0. The van der Waals surface area contributed by atoms with Crippen LogP contribution < -0.4 is 0 Å². The van der Waals surface area contributed by atoms with E-state index in [4.69, 9.17) is 0 Å². The van der Waals surface area contributed by atoms with Crippen molar-refractivity contribution in [2.45, 2.75) is 19.3 Å². The second kappa shape index (κ2) is 10.4. The zero-order valence-electron chi connectivity index (χ0n) is 28.7. The molecule has 238 valence electrons. The summed E-state index contributed by atoms with van der Waals surface area (Å²) >= 11 is 0. The third-order valence-electron chi connectivity index (χ3n) is 11.8. The molecule has 1 aliphatic carbocycles. The number of fused-ring (bicyclic) bond motifs is 13. The van der Waals surface area contributed by atoms with Crippen LogP contribution in [0.5, 0.6) is 0 Å². The van der Waals surface area contributed by atoms with Crippen molar-refractivity contribution in [3.8, 4) is 33.4 Å². The van der Waals surface area contributed by atoms with Crippen LogP contribution in [-0.4, -0.2) is 0 Å². The first-order chi connectivity index (χ1) is 25.0. The van der Waals surface area contributed by atoms with Crippen LogP contribution in [0.2, 0.25) is 0 Å². The molecule has 11 rings (SSSR count). The fourth-order valence-corrected chi connectivity index (χ4v) is 9.28. The minimum absolute atomic E-state index is 0.151. The van der Waals surface area contributed by atoms with Crippen molar-refractivity contribution in [3.63, 3.8) is 0 Å². The minimum atomic E-state index is -0.151. The number of hydrogen-bond acceptors (Lipinski definition) is 0. The van der Waals surface area contributed by atoms with Gasteiger partial charge in [-0.25, -0.2) is 0 Å². The Labute approximate surface area is 297 Å². The molecule has 1 aliphatic rings. The maximum Gasteiger partial charge on any atom is 0.0159 e. The molecule has 0 amide bonds. The Kier molecular flexibility index (Phi) is 5.82. The molecule has 0 N–H and O–H groups in total. The van der Waals surface area contributed by atoms with Gasteiger partial charge in [-0.1, -0.05) is 159 Å². The number of hydrogen-bond donors (Lipinski definition) is 0. The Morgan fingerprint density at radius 3 is 1.29 bits per heavy atom. The average Bonchev–Trinajstić information content (AvgIpc) is 3.41.